The fraction of sp³-hybridized carbons (Fsp3) is 0.450. The lowest BCUT2D eigenvalue weighted by molar-refractivity contribution is 0.557. The molecule has 4 N–H and O–H groups in total. The van der Waals surface area contributed by atoms with Crippen LogP contribution in [0.3, 0.4) is 0 Å². The molecule has 0 aromatic heterocycles. The number of aryl methyl sites for hydroxylation is 1. The smallest absolute Gasteiger partial charge is 0.153 e. The number of para-hydroxylation sites is 1. The van der Waals surface area contributed by atoms with E-state index >= 15 is 0 Å². The summed E-state index contributed by atoms with van der Waals surface area (Å²) in [6.45, 7) is 11.6. The normalized spacial score (nSPS) is 19.9. The molecule has 130 valence electrons. The molecule has 1 heterocycles. The van der Waals surface area contributed by atoms with Crippen molar-refractivity contribution in [3.8, 4) is 0 Å². The van der Waals surface area contributed by atoms with Crippen molar-refractivity contribution in [1.82, 2.24) is 5.32 Å². The van der Waals surface area contributed by atoms with Gasteiger partial charge in [-0.3, -0.25) is 0 Å². The van der Waals surface area contributed by atoms with E-state index in [4.69, 9.17) is 10.7 Å². The third-order valence-corrected chi connectivity index (χ3v) is 4.97. The van der Waals surface area contributed by atoms with Gasteiger partial charge in [-0.1, -0.05) is 32.0 Å². The Bertz CT molecular complexity index is 697. The second-order valence-corrected chi connectivity index (χ2v) is 6.72. The Morgan fingerprint density at radius 1 is 1.21 bits per heavy atom. The first kappa shape index (κ1) is 18.3. The van der Waals surface area contributed by atoms with Crippen molar-refractivity contribution >= 4 is 11.5 Å². The molecular weight excluding hydrogens is 296 g/mol. The number of allylic oxidation sites excluding steroid dienone is 2. The molecule has 24 heavy (non-hydrogen) atoms. The number of anilines is 1. The maximum atomic E-state index is 6.60. The number of nitrogens with two attached hydrogens (primary N) is 1. The van der Waals surface area contributed by atoms with E-state index in [-0.39, 0.29) is 5.92 Å². The van der Waals surface area contributed by atoms with Crippen molar-refractivity contribution in [2.45, 2.75) is 34.6 Å². The molecule has 0 fully saturated rings. The Hall–Kier alpha value is -2.07. The fourth-order valence-corrected chi connectivity index (χ4v) is 3.28. The topological polar surface area (TPSA) is 62.4 Å². The second kappa shape index (κ2) is 7.67. The van der Waals surface area contributed by atoms with Crippen molar-refractivity contribution < 1.29 is 0 Å². The minimum Gasteiger partial charge on any atom is -0.396 e. The molecule has 1 aromatic rings. The molecule has 0 saturated heterocycles. The van der Waals surface area contributed by atoms with Gasteiger partial charge in [-0.25, -0.2) is 4.99 Å². The number of hydrogen-bond donors (Lipinski definition) is 3. The minimum absolute atomic E-state index is 0.285. The summed E-state index contributed by atoms with van der Waals surface area (Å²) in [4.78, 5) is 4.80. The van der Waals surface area contributed by atoms with E-state index in [2.05, 4.69) is 57.4 Å². The SMILES string of the molecule is CNCC(C)C1=C(N)C(Nc2ccccc2C)=NC(C)=C(C)C1C. The van der Waals surface area contributed by atoms with Crippen LogP contribution in [0.2, 0.25) is 0 Å². The van der Waals surface area contributed by atoms with Gasteiger partial charge in [-0.2, -0.15) is 0 Å². The van der Waals surface area contributed by atoms with Gasteiger partial charge in [0, 0.05) is 23.8 Å². The number of amidine groups is 1. The van der Waals surface area contributed by atoms with Gasteiger partial charge in [0.05, 0.1) is 5.70 Å². The second-order valence-electron chi connectivity index (χ2n) is 6.72. The Morgan fingerprint density at radius 3 is 2.50 bits per heavy atom. The first-order chi connectivity index (χ1) is 11.4. The van der Waals surface area contributed by atoms with Crippen molar-refractivity contribution in [3.63, 3.8) is 0 Å². The van der Waals surface area contributed by atoms with Crippen LogP contribution in [0.1, 0.15) is 33.3 Å². The van der Waals surface area contributed by atoms with Crippen molar-refractivity contribution in [3.05, 3.63) is 52.4 Å². The summed E-state index contributed by atoms with van der Waals surface area (Å²) in [5, 5.41) is 6.71. The van der Waals surface area contributed by atoms with Gasteiger partial charge in [0.25, 0.3) is 0 Å². The third kappa shape index (κ3) is 3.70. The highest BCUT2D eigenvalue weighted by Gasteiger charge is 2.26. The highest BCUT2D eigenvalue weighted by molar-refractivity contribution is 6.09. The van der Waals surface area contributed by atoms with Crippen LogP contribution in [0.5, 0.6) is 0 Å². The summed E-state index contributed by atoms with van der Waals surface area (Å²) in [6, 6.07) is 8.20. The average Bonchev–Trinajstić information content (AvgIpc) is 2.61. The zero-order valence-corrected chi connectivity index (χ0v) is 15.7. The first-order valence-electron chi connectivity index (χ1n) is 8.60. The number of rotatable bonds is 4. The van der Waals surface area contributed by atoms with Gasteiger partial charge < -0.3 is 16.4 Å². The Labute approximate surface area is 145 Å². The van der Waals surface area contributed by atoms with Crippen LogP contribution < -0.4 is 16.4 Å². The van der Waals surface area contributed by atoms with Crippen LogP contribution in [0, 0.1) is 18.8 Å². The molecule has 4 nitrogen and oxygen atoms in total. The molecule has 0 saturated carbocycles. The molecular formula is C20H30N4. The maximum absolute atomic E-state index is 6.60. The summed E-state index contributed by atoms with van der Waals surface area (Å²) in [6.07, 6.45) is 0. The number of benzene rings is 1. The molecule has 1 aliphatic heterocycles. The average molecular weight is 326 g/mol. The number of nitrogens with zero attached hydrogens (tertiary/aromatic N) is 1. The fourth-order valence-electron chi connectivity index (χ4n) is 3.28. The summed E-state index contributed by atoms with van der Waals surface area (Å²) in [5.41, 5.74) is 13.1. The van der Waals surface area contributed by atoms with Gasteiger partial charge in [0.2, 0.25) is 0 Å². The highest BCUT2D eigenvalue weighted by Crippen LogP contribution is 2.33. The van der Waals surface area contributed by atoms with E-state index in [9.17, 15) is 0 Å². The van der Waals surface area contributed by atoms with E-state index in [1.807, 2.05) is 19.2 Å². The van der Waals surface area contributed by atoms with E-state index < -0.39 is 0 Å². The van der Waals surface area contributed by atoms with Gasteiger partial charge >= 0.3 is 0 Å². The largest absolute Gasteiger partial charge is 0.396 e. The molecule has 2 unspecified atom stereocenters. The van der Waals surface area contributed by atoms with Crippen molar-refractivity contribution in [1.29, 1.82) is 0 Å². The molecule has 1 aromatic carbocycles. The van der Waals surface area contributed by atoms with Crippen LogP contribution in [0.25, 0.3) is 0 Å². The molecule has 4 heteroatoms. The lowest BCUT2D eigenvalue weighted by atomic mass is 9.83. The third-order valence-electron chi connectivity index (χ3n) is 4.97. The Kier molecular flexibility index (Phi) is 5.84. The molecule has 2 atom stereocenters. The van der Waals surface area contributed by atoms with Crippen LogP contribution in [-0.4, -0.2) is 19.4 Å². The molecule has 0 radical (unpaired) electrons. The summed E-state index contributed by atoms with van der Waals surface area (Å²) in [7, 11) is 1.98. The van der Waals surface area contributed by atoms with Gasteiger partial charge in [0.15, 0.2) is 5.84 Å². The van der Waals surface area contributed by atoms with Gasteiger partial charge in [-0.05, 0) is 56.5 Å². The summed E-state index contributed by atoms with van der Waals surface area (Å²) >= 11 is 0. The molecule has 2 rings (SSSR count). The lowest BCUT2D eigenvalue weighted by Gasteiger charge is -2.24. The zero-order valence-electron chi connectivity index (χ0n) is 15.7. The minimum atomic E-state index is 0.285. The number of aliphatic imine (C=N–C) groups is 1. The number of nitrogens with one attached hydrogen (secondary N) is 2. The monoisotopic (exact) mass is 326 g/mol. The zero-order chi connectivity index (χ0) is 17.9. The molecule has 0 spiro atoms. The molecule has 1 aliphatic rings. The van der Waals surface area contributed by atoms with Crippen LogP contribution in [-0.2, 0) is 0 Å². The summed E-state index contributed by atoms with van der Waals surface area (Å²) < 4.78 is 0. The molecule has 0 aliphatic carbocycles. The van der Waals surface area contributed by atoms with Gasteiger partial charge in [0.1, 0.15) is 0 Å². The lowest BCUT2D eigenvalue weighted by Crippen LogP contribution is -2.29. The maximum Gasteiger partial charge on any atom is 0.153 e. The predicted molar refractivity (Wildman–Crippen MR) is 104 cm³/mol. The standard InChI is InChI=1S/C20H30N4/c1-12-9-7-8-10-17(12)24-20-19(21)18(13(2)11-22-6)15(4)14(3)16(5)23-20/h7-10,13,15,22H,11,21H2,1-6H3,(H,23,24). The Balaban J connectivity index is 2.51. The van der Waals surface area contributed by atoms with E-state index in [1.165, 1.54) is 16.7 Å². The highest BCUT2D eigenvalue weighted by atomic mass is 15.0. The van der Waals surface area contributed by atoms with Crippen molar-refractivity contribution in [2.75, 3.05) is 18.9 Å². The van der Waals surface area contributed by atoms with E-state index in [1.54, 1.807) is 0 Å². The number of hydrogen-bond acceptors (Lipinski definition) is 4. The van der Waals surface area contributed by atoms with Crippen LogP contribution in [0.4, 0.5) is 5.69 Å². The van der Waals surface area contributed by atoms with Crippen molar-refractivity contribution in [2.24, 2.45) is 22.6 Å². The predicted octanol–water partition coefficient (Wildman–Crippen LogP) is 3.82. The quantitative estimate of drug-likeness (QED) is 0.788. The van der Waals surface area contributed by atoms with Gasteiger partial charge in [-0.15, -0.1) is 0 Å². The molecule has 0 bridgehead atoms. The van der Waals surface area contributed by atoms with E-state index in [0.717, 1.165) is 29.5 Å². The van der Waals surface area contributed by atoms with Crippen LogP contribution >= 0.6 is 0 Å². The first-order valence-corrected chi connectivity index (χ1v) is 8.60. The van der Waals surface area contributed by atoms with Crippen LogP contribution in [0.15, 0.2) is 51.8 Å². The van der Waals surface area contributed by atoms with E-state index in [0.29, 0.717) is 5.92 Å². The summed E-state index contributed by atoms with van der Waals surface area (Å²) in [5.74, 6) is 1.38. The molecule has 0 amide bonds. The Morgan fingerprint density at radius 2 is 1.88 bits per heavy atom.